The molecule has 0 aliphatic rings. The summed E-state index contributed by atoms with van der Waals surface area (Å²) in [6, 6.07) is 8.02. The van der Waals surface area contributed by atoms with Crippen LogP contribution in [0.3, 0.4) is 0 Å². The van der Waals surface area contributed by atoms with Crippen LogP contribution >= 0.6 is 11.3 Å². The Hall–Kier alpha value is -3.43. The molecule has 31 heavy (non-hydrogen) atoms. The summed E-state index contributed by atoms with van der Waals surface area (Å²) in [5.74, 6) is 0.970. The molecule has 0 fully saturated rings. The maximum Gasteiger partial charge on any atom is 0.515 e. The van der Waals surface area contributed by atoms with Gasteiger partial charge in [-0.1, -0.05) is 6.07 Å². The summed E-state index contributed by atoms with van der Waals surface area (Å²) in [6.45, 7) is 3.72. The van der Waals surface area contributed by atoms with E-state index in [1.165, 1.54) is 0 Å². The van der Waals surface area contributed by atoms with Crippen LogP contribution in [0.5, 0.6) is 5.88 Å². The van der Waals surface area contributed by atoms with Crippen LogP contribution in [-0.4, -0.2) is 39.3 Å². The van der Waals surface area contributed by atoms with E-state index in [0.29, 0.717) is 5.56 Å². The van der Waals surface area contributed by atoms with E-state index in [4.69, 9.17) is 19.2 Å². The number of hydrogen-bond acceptors (Lipinski definition) is 7. The third-order valence-corrected chi connectivity index (χ3v) is 5.75. The third-order valence-electron chi connectivity index (χ3n) is 4.87. The lowest BCUT2D eigenvalue weighted by Crippen LogP contribution is -2.17. The van der Waals surface area contributed by atoms with Gasteiger partial charge in [0.05, 0.1) is 45.9 Å². The number of nitrogens with zero attached hydrogens (tertiary/aromatic N) is 2. The SMILES string of the molecule is COCc1c(OC(=O)OC(C)C)ncc2[nH]c3ccc4[nH]c(-c5cccs5)nc4c3c12. The van der Waals surface area contributed by atoms with Gasteiger partial charge in [-0.2, -0.15) is 0 Å². The van der Waals surface area contributed by atoms with Gasteiger partial charge in [0.15, 0.2) is 0 Å². The van der Waals surface area contributed by atoms with Crippen LogP contribution in [0.4, 0.5) is 4.79 Å². The fourth-order valence-corrected chi connectivity index (χ4v) is 4.35. The molecule has 1 aromatic carbocycles. The first-order chi connectivity index (χ1) is 15.0. The molecule has 0 spiro atoms. The largest absolute Gasteiger partial charge is 0.515 e. The van der Waals surface area contributed by atoms with Gasteiger partial charge in [-0.25, -0.2) is 14.8 Å². The Balaban J connectivity index is 1.75. The average molecular weight is 436 g/mol. The molecule has 0 atom stereocenters. The monoisotopic (exact) mass is 436 g/mol. The van der Waals surface area contributed by atoms with E-state index in [1.54, 1.807) is 38.5 Å². The van der Waals surface area contributed by atoms with Gasteiger partial charge in [-0.3, -0.25) is 0 Å². The first kappa shape index (κ1) is 19.5. The van der Waals surface area contributed by atoms with Crippen molar-refractivity contribution in [2.45, 2.75) is 26.6 Å². The van der Waals surface area contributed by atoms with Crippen molar-refractivity contribution in [1.82, 2.24) is 19.9 Å². The summed E-state index contributed by atoms with van der Waals surface area (Å²) in [4.78, 5) is 29.2. The number of benzene rings is 1. The number of nitrogens with one attached hydrogen (secondary N) is 2. The number of imidazole rings is 1. The topological polar surface area (TPSA) is 102 Å². The highest BCUT2D eigenvalue weighted by atomic mass is 32.1. The van der Waals surface area contributed by atoms with Crippen LogP contribution in [0, 0.1) is 0 Å². The molecule has 0 amide bonds. The summed E-state index contributed by atoms with van der Waals surface area (Å²) in [5.41, 5.74) is 4.11. The van der Waals surface area contributed by atoms with E-state index < -0.39 is 6.16 Å². The van der Waals surface area contributed by atoms with E-state index in [2.05, 4.69) is 15.0 Å². The van der Waals surface area contributed by atoms with Crippen molar-refractivity contribution in [2.75, 3.05) is 7.11 Å². The lowest BCUT2D eigenvalue weighted by molar-refractivity contribution is 0.0705. The third kappa shape index (κ3) is 3.41. The molecule has 4 heterocycles. The molecule has 0 aliphatic heterocycles. The molecular weight excluding hydrogens is 416 g/mol. The first-order valence-electron chi connectivity index (χ1n) is 9.78. The number of H-pyrrole nitrogens is 2. The molecule has 5 aromatic rings. The number of pyridine rings is 1. The fraction of sp³-hybridized carbons (Fsp3) is 0.227. The van der Waals surface area contributed by atoms with Gasteiger partial charge in [0.1, 0.15) is 5.82 Å². The molecule has 2 N–H and O–H groups in total. The normalized spacial score (nSPS) is 11.7. The standard InChI is InChI=1S/C22H20N4O4S/c1-11(2)29-22(27)30-21-12(10-28-3)17-15(9-23-21)24-13-6-7-14-19(18(13)17)26-20(25-14)16-5-4-8-31-16/h4-9,11,24H,10H2,1-3H3,(H,25,26). The predicted octanol–water partition coefficient (Wildman–Crippen LogP) is 5.39. The molecule has 0 bridgehead atoms. The van der Waals surface area contributed by atoms with Gasteiger partial charge in [0.2, 0.25) is 5.88 Å². The van der Waals surface area contributed by atoms with Crippen molar-refractivity contribution in [3.05, 3.63) is 41.4 Å². The van der Waals surface area contributed by atoms with Crippen molar-refractivity contribution in [2.24, 2.45) is 0 Å². The minimum Gasteiger partial charge on any atom is -0.431 e. The molecule has 158 valence electrons. The lowest BCUT2D eigenvalue weighted by atomic mass is 10.1. The maximum atomic E-state index is 12.1. The highest BCUT2D eigenvalue weighted by molar-refractivity contribution is 7.13. The van der Waals surface area contributed by atoms with Crippen molar-refractivity contribution < 1.29 is 19.0 Å². The van der Waals surface area contributed by atoms with Crippen molar-refractivity contribution in [3.8, 4) is 16.6 Å². The Labute approximate surface area is 181 Å². The van der Waals surface area contributed by atoms with Crippen LogP contribution in [0.2, 0.25) is 0 Å². The second-order valence-corrected chi connectivity index (χ2v) is 8.30. The molecule has 0 saturated carbocycles. The first-order valence-corrected chi connectivity index (χ1v) is 10.7. The van der Waals surface area contributed by atoms with Crippen LogP contribution in [0.25, 0.3) is 43.5 Å². The molecule has 0 unspecified atom stereocenters. The summed E-state index contributed by atoms with van der Waals surface area (Å²) in [5, 5.41) is 3.79. The van der Waals surface area contributed by atoms with Gasteiger partial charge >= 0.3 is 6.16 Å². The van der Waals surface area contributed by atoms with Gasteiger partial charge in [-0.05, 0) is 37.4 Å². The van der Waals surface area contributed by atoms with Crippen molar-refractivity contribution in [1.29, 1.82) is 0 Å². The zero-order valence-electron chi connectivity index (χ0n) is 17.2. The number of methoxy groups -OCH3 is 1. The number of aromatic nitrogens is 4. The summed E-state index contributed by atoms with van der Waals surface area (Å²) >= 11 is 1.62. The number of carbonyl (C=O) groups excluding carboxylic acids is 1. The minimum absolute atomic E-state index is 0.159. The smallest absolute Gasteiger partial charge is 0.431 e. The minimum atomic E-state index is -0.802. The Kier molecular flexibility index (Phi) is 4.84. The van der Waals surface area contributed by atoms with Crippen LogP contribution in [-0.2, 0) is 16.1 Å². The van der Waals surface area contributed by atoms with Crippen molar-refractivity contribution in [3.63, 3.8) is 0 Å². The fourth-order valence-electron chi connectivity index (χ4n) is 3.68. The Morgan fingerprint density at radius 1 is 1.13 bits per heavy atom. The Morgan fingerprint density at radius 3 is 2.71 bits per heavy atom. The quantitative estimate of drug-likeness (QED) is 0.358. The molecule has 9 heteroatoms. The summed E-state index contributed by atoms with van der Waals surface area (Å²) in [7, 11) is 1.59. The maximum absolute atomic E-state index is 12.1. The Morgan fingerprint density at radius 2 is 1.97 bits per heavy atom. The Bertz CT molecular complexity index is 1400. The predicted molar refractivity (Wildman–Crippen MR) is 120 cm³/mol. The van der Waals surface area contributed by atoms with E-state index >= 15 is 0 Å². The van der Waals surface area contributed by atoms with Gasteiger partial charge in [0, 0.05) is 23.4 Å². The summed E-state index contributed by atoms with van der Waals surface area (Å²) in [6.07, 6.45) is 0.545. The summed E-state index contributed by atoms with van der Waals surface area (Å²) < 4.78 is 16.0. The zero-order chi connectivity index (χ0) is 21.5. The second-order valence-electron chi connectivity index (χ2n) is 7.35. The van der Waals surface area contributed by atoms with E-state index in [9.17, 15) is 4.79 Å². The number of ether oxygens (including phenoxy) is 3. The van der Waals surface area contributed by atoms with Crippen LogP contribution < -0.4 is 4.74 Å². The van der Waals surface area contributed by atoms with Crippen LogP contribution in [0.1, 0.15) is 19.4 Å². The van der Waals surface area contributed by atoms with E-state index in [-0.39, 0.29) is 18.6 Å². The molecule has 0 radical (unpaired) electrons. The number of thiophene rings is 1. The van der Waals surface area contributed by atoms with Gasteiger partial charge in [-0.15, -0.1) is 11.3 Å². The average Bonchev–Trinajstić information content (AvgIpc) is 3.46. The van der Waals surface area contributed by atoms with Gasteiger partial charge in [0.25, 0.3) is 0 Å². The van der Waals surface area contributed by atoms with Crippen LogP contribution in [0.15, 0.2) is 35.8 Å². The molecule has 5 rings (SSSR count). The van der Waals surface area contributed by atoms with E-state index in [0.717, 1.165) is 43.5 Å². The molecular formula is C22H20N4O4S. The van der Waals surface area contributed by atoms with Gasteiger partial charge < -0.3 is 24.2 Å². The highest BCUT2D eigenvalue weighted by Crippen LogP contribution is 2.37. The molecule has 0 saturated heterocycles. The molecule has 4 aromatic heterocycles. The molecule has 0 aliphatic carbocycles. The van der Waals surface area contributed by atoms with Crippen molar-refractivity contribution >= 4 is 50.3 Å². The molecule has 8 nitrogen and oxygen atoms in total. The number of fused-ring (bicyclic) bond motifs is 5. The number of rotatable bonds is 5. The number of aromatic amines is 2. The highest BCUT2D eigenvalue weighted by Gasteiger charge is 2.21. The second kappa shape index (κ2) is 7.68. The number of hydrogen-bond donors (Lipinski definition) is 2. The van der Waals surface area contributed by atoms with E-state index in [1.807, 2.05) is 29.6 Å². The number of carbonyl (C=O) groups is 1. The lowest BCUT2D eigenvalue weighted by Gasteiger charge is -2.11. The zero-order valence-corrected chi connectivity index (χ0v) is 18.0.